The fraction of sp³-hybridized carbons (Fsp3) is 0.250. The third-order valence-corrected chi connectivity index (χ3v) is 1.87. The molecule has 86 valence electrons. The van der Waals surface area contributed by atoms with Gasteiger partial charge in [0.05, 0.1) is 12.2 Å². The normalized spacial score (nSPS) is 11.8. The third-order valence-electron chi connectivity index (χ3n) is 1.87. The van der Waals surface area contributed by atoms with E-state index in [1.54, 1.807) is 37.3 Å². The summed E-state index contributed by atoms with van der Waals surface area (Å²) in [4.78, 5) is 11.6. The molecule has 0 aliphatic rings. The van der Waals surface area contributed by atoms with Gasteiger partial charge in [0, 0.05) is 5.69 Å². The number of esters is 1. The summed E-state index contributed by atoms with van der Waals surface area (Å²) in [6.45, 7) is 5.50. The Morgan fingerprint density at radius 3 is 2.69 bits per heavy atom. The Balaban J connectivity index is 2.51. The number of anilines is 1. The lowest BCUT2D eigenvalue weighted by atomic mass is 10.2. The molecule has 0 heterocycles. The molecule has 4 heteroatoms. The molecule has 0 saturated carbocycles. The van der Waals surface area contributed by atoms with Crippen LogP contribution in [0.2, 0.25) is 0 Å². The Morgan fingerprint density at radius 2 is 2.12 bits per heavy atom. The summed E-state index contributed by atoms with van der Waals surface area (Å²) < 4.78 is 10.1. The van der Waals surface area contributed by atoms with Gasteiger partial charge >= 0.3 is 5.97 Å². The summed E-state index contributed by atoms with van der Waals surface area (Å²) in [5, 5.41) is 0. The van der Waals surface area contributed by atoms with Crippen molar-refractivity contribution in [2.24, 2.45) is 0 Å². The number of ether oxygens (including phenoxy) is 2. The van der Waals surface area contributed by atoms with E-state index in [4.69, 9.17) is 15.2 Å². The largest absolute Gasteiger partial charge is 0.432 e. The molecule has 1 unspecified atom stereocenters. The Morgan fingerprint density at radius 1 is 1.50 bits per heavy atom. The van der Waals surface area contributed by atoms with Gasteiger partial charge in [0.15, 0.2) is 0 Å². The fourth-order valence-electron chi connectivity index (χ4n) is 1.08. The first-order valence-corrected chi connectivity index (χ1v) is 4.92. The van der Waals surface area contributed by atoms with Crippen molar-refractivity contribution < 1.29 is 14.3 Å². The van der Waals surface area contributed by atoms with Crippen LogP contribution in [0.5, 0.6) is 0 Å². The second kappa shape index (κ2) is 5.92. The molecular formula is C12H15NO3. The van der Waals surface area contributed by atoms with Crippen molar-refractivity contribution in [2.75, 3.05) is 12.3 Å². The lowest BCUT2D eigenvalue weighted by Gasteiger charge is -2.12. The molecular weight excluding hydrogens is 206 g/mol. The van der Waals surface area contributed by atoms with Crippen molar-refractivity contribution in [1.82, 2.24) is 0 Å². The average Bonchev–Trinajstić information content (AvgIpc) is 2.27. The molecule has 16 heavy (non-hydrogen) atoms. The van der Waals surface area contributed by atoms with Crippen LogP contribution < -0.4 is 5.73 Å². The van der Waals surface area contributed by atoms with E-state index in [0.717, 1.165) is 0 Å². The first kappa shape index (κ1) is 12.3. The molecule has 1 aromatic carbocycles. The number of rotatable bonds is 5. The zero-order valence-electron chi connectivity index (χ0n) is 9.18. The minimum absolute atomic E-state index is 0.343. The minimum atomic E-state index is -0.594. The molecule has 0 fully saturated rings. The predicted octanol–water partition coefficient (Wildman–Crippen LogP) is 1.97. The van der Waals surface area contributed by atoms with Crippen LogP contribution >= 0.6 is 0 Å². The standard InChI is InChI=1S/C12H15NO3/c1-3-8-15-9(2)16-12(14)10-4-6-11(13)7-5-10/h3-7,9H,1,8,13H2,2H3. The first-order valence-electron chi connectivity index (χ1n) is 4.92. The molecule has 1 atom stereocenters. The topological polar surface area (TPSA) is 61.5 Å². The lowest BCUT2D eigenvalue weighted by molar-refractivity contribution is -0.0892. The van der Waals surface area contributed by atoms with E-state index < -0.39 is 12.3 Å². The van der Waals surface area contributed by atoms with Crippen LogP contribution in [0.3, 0.4) is 0 Å². The van der Waals surface area contributed by atoms with E-state index in [9.17, 15) is 4.79 Å². The number of benzene rings is 1. The van der Waals surface area contributed by atoms with Gasteiger partial charge in [-0.05, 0) is 31.2 Å². The van der Waals surface area contributed by atoms with Gasteiger partial charge in [-0.2, -0.15) is 0 Å². The van der Waals surface area contributed by atoms with Gasteiger partial charge in [-0.15, -0.1) is 6.58 Å². The van der Waals surface area contributed by atoms with E-state index in [1.165, 1.54) is 0 Å². The van der Waals surface area contributed by atoms with Crippen molar-refractivity contribution in [3.63, 3.8) is 0 Å². The molecule has 1 aromatic rings. The second-order valence-corrected chi connectivity index (χ2v) is 3.22. The second-order valence-electron chi connectivity index (χ2n) is 3.22. The highest BCUT2D eigenvalue weighted by Gasteiger charge is 2.11. The molecule has 0 aromatic heterocycles. The highest BCUT2D eigenvalue weighted by molar-refractivity contribution is 5.89. The summed E-state index contributed by atoms with van der Waals surface area (Å²) in [5.74, 6) is -0.434. The van der Waals surface area contributed by atoms with E-state index >= 15 is 0 Å². The summed E-state index contributed by atoms with van der Waals surface area (Å²) in [6, 6.07) is 6.51. The number of carbonyl (C=O) groups excluding carboxylic acids is 1. The monoisotopic (exact) mass is 221 g/mol. The van der Waals surface area contributed by atoms with E-state index in [-0.39, 0.29) is 0 Å². The van der Waals surface area contributed by atoms with Gasteiger partial charge in [0.25, 0.3) is 0 Å². The van der Waals surface area contributed by atoms with Gasteiger partial charge in [-0.3, -0.25) is 0 Å². The van der Waals surface area contributed by atoms with Crippen molar-refractivity contribution in [1.29, 1.82) is 0 Å². The van der Waals surface area contributed by atoms with Crippen LogP contribution in [0.1, 0.15) is 17.3 Å². The molecule has 0 spiro atoms. The Bertz CT molecular complexity index is 359. The summed E-state index contributed by atoms with van der Waals surface area (Å²) in [7, 11) is 0. The molecule has 0 saturated heterocycles. The van der Waals surface area contributed by atoms with Gasteiger partial charge in [-0.1, -0.05) is 6.08 Å². The number of nitrogens with two attached hydrogens (primary N) is 1. The van der Waals surface area contributed by atoms with Gasteiger partial charge in [-0.25, -0.2) is 4.79 Å². The Hall–Kier alpha value is -1.81. The van der Waals surface area contributed by atoms with Crippen molar-refractivity contribution in [3.8, 4) is 0 Å². The van der Waals surface area contributed by atoms with Crippen molar-refractivity contribution >= 4 is 11.7 Å². The van der Waals surface area contributed by atoms with E-state index in [2.05, 4.69) is 6.58 Å². The number of hydrogen-bond donors (Lipinski definition) is 1. The van der Waals surface area contributed by atoms with Gasteiger partial charge in [0.1, 0.15) is 0 Å². The van der Waals surface area contributed by atoms with Crippen LogP contribution in [0, 0.1) is 0 Å². The smallest absolute Gasteiger partial charge is 0.340 e. The summed E-state index contributed by atoms with van der Waals surface area (Å²) >= 11 is 0. The van der Waals surface area contributed by atoms with Crippen LogP contribution in [-0.4, -0.2) is 18.9 Å². The average molecular weight is 221 g/mol. The lowest BCUT2D eigenvalue weighted by Crippen LogP contribution is -2.18. The highest BCUT2D eigenvalue weighted by Crippen LogP contribution is 2.08. The molecule has 0 amide bonds. The molecule has 0 aliphatic heterocycles. The van der Waals surface area contributed by atoms with Crippen molar-refractivity contribution in [3.05, 3.63) is 42.5 Å². The van der Waals surface area contributed by atoms with Crippen LogP contribution in [-0.2, 0) is 9.47 Å². The first-order chi connectivity index (χ1) is 7.63. The Kier molecular flexibility index (Phi) is 4.54. The molecule has 4 nitrogen and oxygen atoms in total. The third kappa shape index (κ3) is 3.74. The molecule has 2 N–H and O–H groups in total. The highest BCUT2D eigenvalue weighted by atomic mass is 16.7. The predicted molar refractivity (Wildman–Crippen MR) is 61.9 cm³/mol. The fourth-order valence-corrected chi connectivity index (χ4v) is 1.08. The number of carbonyl (C=O) groups is 1. The van der Waals surface area contributed by atoms with Crippen LogP contribution in [0.25, 0.3) is 0 Å². The van der Waals surface area contributed by atoms with Crippen molar-refractivity contribution in [2.45, 2.75) is 13.2 Å². The number of nitrogen functional groups attached to an aromatic ring is 1. The zero-order chi connectivity index (χ0) is 12.0. The van der Waals surface area contributed by atoms with Gasteiger partial charge in [0.2, 0.25) is 6.29 Å². The number of hydrogen-bond acceptors (Lipinski definition) is 4. The molecule has 0 radical (unpaired) electrons. The zero-order valence-corrected chi connectivity index (χ0v) is 9.18. The van der Waals surface area contributed by atoms with Crippen LogP contribution in [0.15, 0.2) is 36.9 Å². The van der Waals surface area contributed by atoms with E-state index in [0.29, 0.717) is 17.9 Å². The van der Waals surface area contributed by atoms with Crippen LogP contribution in [0.4, 0.5) is 5.69 Å². The summed E-state index contributed by atoms with van der Waals surface area (Å²) in [6.07, 6.45) is 0.996. The maximum atomic E-state index is 11.6. The quantitative estimate of drug-likeness (QED) is 0.357. The SMILES string of the molecule is C=CCOC(C)OC(=O)c1ccc(N)cc1. The van der Waals surface area contributed by atoms with E-state index in [1.807, 2.05) is 0 Å². The molecule has 0 aliphatic carbocycles. The summed E-state index contributed by atoms with van der Waals surface area (Å²) in [5.41, 5.74) is 6.56. The minimum Gasteiger partial charge on any atom is -0.432 e. The maximum Gasteiger partial charge on any atom is 0.340 e. The molecule has 0 bridgehead atoms. The maximum absolute atomic E-state index is 11.6. The van der Waals surface area contributed by atoms with Gasteiger partial charge < -0.3 is 15.2 Å². The Labute approximate surface area is 94.7 Å². The molecule has 1 rings (SSSR count).